The van der Waals surface area contributed by atoms with Crippen molar-refractivity contribution in [3.05, 3.63) is 35.9 Å². The molecule has 156 valence electrons. The second-order valence-electron chi connectivity index (χ2n) is 4.80. The molecule has 1 rings (SSSR count). The Morgan fingerprint density at radius 2 is 1.33 bits per heavy atom. The Labute approximate surface area is 150 Å². The van der Waals surface area contributed by atoms with Crippen LogP contribution in [0.4, 0.5) is 26.3 Å². The summed E-state index contributed by atoms with van der Waals surface area (Å²) >= 11 is 0. The van der Waals surface area contributed by atoms with E-state index in [2.05, 4.69) is 8.37 Å². The van der Waals surface area contributed by atoms with E-state index in [4.69, 9.17) is 4.74 Å². The van der Waals surface area contributed by atoms with Gasteiger partial charge in [-0.3, -0.25) is 8.37 Å². The number of halogens is 6. The maximum atomic E-state index is 12.4. The molecular weight excluding hydrogens is 434 g/mol. The number of alkyl halides is 6. The highest BCUT2D eigenvalue weighted by Gasteiger charge is 2.50. The second kappa shape index (κ2) is 8.72. The number of ether oxygens (including phenoxy) is 1. The van der Waals surface area contributed by atoms with Gasteiger partial charge < -0.3 is 4.74 Å². The van der Waals surface area contributed by atoms with Gasteiger partial charge in [0.15, 0.2) is 0 Å². The first-order valence-corrected chi connectivity index (χ1v) is 9.54. The first-order chi connectivity index (χ1) is 12.2. The normalized spacial score (nSPS) is 14.9. The molecule has 27 heavy (non-hydrogen) atoms. The largest absolute Gasteiger partial charge is 0.523 e. The van der Waals surface area contributed by atoms with Gasteiger partial charge in [-0.05, 0) is 5.56 Å². The third kappa shape index (κ3) is 7.25. The number of hydrogen-bond acceptors (Lipinski definition) is 7. The molecule has 0 aliphatic heterocycles. The van der Waals surface area contributed by atoms with Crippen LogP contribution < -0.4 is 0 Å². The summed E-state index contributed by atoms with van der Waals surface area (Å²) in [5.41, 5.74) is -11.2. The summed E-state index contributed by atoms with van der Waals surface area (Å²) in [6.45, 7) is -2.94. The lowest BCUT2D eigenvalue weighted by molar-refractivity contribution is -0.0686. The van der Waals surface area contributed by atoms with E-state index in [9.17, 15) is 43.2 Å². The minimum Gasteiger partial charge on any atom is -0.374 e. The lowest BCUT2D eigenvalue weighted by Gasteiger charge is -2.19. The Balaban J connectivity index is 2.83. The van der Waals surface area contributed by atoms with Crippen LogP contribution in [0.3, 0.4) is 0 Å². The highest BCUT2D eigenvalue weighted by molar-refractivity contribution is 7.88. The van der Waals surface area contributed by atoms with Gasteiger partial charge >= 0.3 is 31.3 Å². The van der Waals surface area contributed by atoms with Gasteiger partial charge in [0, 0.05) is 0 Å². The Morgan fingerprint density at radius 1 is 0.815 bits per heavy atom. The summed E-state index contributed by atoms with van der Waals surface area (Å²) in [4.78, 5) is 0. The molecule has 1 atom stereocenters. The van der Waals surface area contributed by atoms with Crippen LogP contribution in [0.2, 0.25) is 0 Å². The first-order valence-electron chi connectivity index (χ1n) is 6.72. The predicted octanol–water partition coefficient (Wildman–Crippen LogP) is 2.30. The minimum absolute atomic E-state index is 0.265. The second-order valence-corrected chi connectivity index (χ2v) is 7.97. The van der Waals surface area contributed by atoms with Crippen molar-refractivity contribution in [2.75, 3.05) is 13.2 Å². The predicted molar refractivity (Wildman–Crippen MR) is 76.9 cm³/mol. The zero-order chi connectivity index (χ0) is 20.9. The summed E-state index contributed by atoms with van der Waals surface area (Å²) in [6.07, 6.45) is -2.31. The van der Waals surface area contributed by atoms with Crippen LogP contribution in [0.25, 0.3) is 0 Å². The van der Waals surface area contributed by atoms with E-state index >= 15 is 0 Å². The molecule has 7 nitrogen and oxygen atoms in total. The third-order valence-corrected chi connectivity index (χ3v) is 4.76. The van der Waals surface area contributed by atoms with Crippen LogP contribution in [0.5, 0.6) is 0 Å². The van der Waals surface area contributed by atoms with E-state index in [1.165, 1.54) is 12.1 Å². The maximum absolute atomic E-state index is 12.4. The van der Waals surface area contributed by atoms with Gasteiger partial charge in [0.2, 0.25) is 0 Å². The molecular formula is C12H12F6O7S2. The molecule has 1 aromatic rings. The zero-order valence-corrected chi connectivity index (χ0v) is 14.7. The van der Waals surface area contributed by atoms with Gasteiger partial charge in [0.25, 0.3) is 0 Å². The number of rotatable bonds is 9. The maximum Gasteiger partial charge on any atom is 0.523 e. The van der Waals surface area contributed by atoms with E-state index in [0.29, 0.717) is 5.56 Å². The van der Waals surface area contributed by atoms with E-state index in [1.54, 1.807) is 18.2 Å². The van der Waals surface area contributed by atoms with Crippen LogP contribution in [0.1, 0.15) is 5.56 Å². The number of benzene rings is 1. The molecule has 0 aromatic heterocycles. The van der Waals surface area contributed by atoms with Crippen molar-refractivity contribution in [1.29, 1.82) is 0 Å². The van der Waals surface area contributed by atoms with Crippen LogP contribution in [-0.4, -0.2) is 47.2 Å². The smallest absolute Gasteiger partial charge is 0.374 e. The van der Waals surface area contributed by atoms with Gasteiger partial charge in [-0.1, -0.05) is 30.3 Å². The molecule has 0 bridgehead atoms. The fourth-order valence-corrected chi connectivity index (χ4v) is 2.50. The molecule has 0 amide bonds. The molecule has 0 spiro atoms. The molecule has 0 unspecified atom stereocenters. The quantitative estimate of drug-likeness (QED) is 0.326. The molecule has 0 N–H and O–H groups in total. The minimum atomic E-state index is -6.23. The standard InChI is InChI=1S/C12H12F6O7S2/c13-11(14,15)26(19,20)24-8-10(25-27(21,22)12(16,17)18)7-23-6-9-4-2-1-3-5-9/h1-5,10H,6-8H2/t10-/m1/s1. The monoisotopic (exact) mass is 446 g/mol. The van der Waals surface area contributed by atoms with Crippen LogP contribution in [-0.2, 0) is 39.9 Å². The van der Waals surface area contributed by atoms with Crippen LogP contribution in [0, 0.1) is 0 Å². The molecule has 1 aromatic carbocycles. The molecule has 0 heterocycles. The van der Waals surface area contributed by atoms with Crippen molar-refractivity contribution in [2.24, 2.45) is 0 Å². The Bertz CT molecular complexity index is 803. The topological polar surface area (TPSA) is 96.0 Å². The molecule has 0 saturated heterocycles. The Kier molecular flexibility index (Phi) is 7.63. The van der Waals surface area contributed by atoms with Crippen molar-refractivity contribution in [1.82, 2.24) is 0 Å². The Morgan fingerprint density at radius 3 is 1.81 bits per heavy atom. The molecule has 0 aliphatic rings. The summed E-state index contributed by atoms with van der Waals surface area (Å²) in [5, 5.41) is 0. The van der Waals surface area contributed by atoms with Crippen LogP contribution in [0.15, 0.2) is 30.3 Å². The van der Waals surface area contributed by atoms with E-state index < -0.39 is 50.6 Å². The summed E-state index contributed by atoms with van der Waals surface area (Å²) in [5.74, 6) is 0. The average molecular weight is 446 g/mol. The summed E-state index contributed by atoms with van der Waals surface area (Å²) < 4.78 is 129. The molecule has 0 saturated carbocycles. The van der Waals surface area contributed by atoms with Gasteiger partial charge in [0.05, 0.1) is 19.8 Å². The van der Waals surface area contributed by atoms with Gasteiger partial charge in [-0.25, -0.2) is 0 Å². The summed E-state index contributed by atoms with van der Waals surface area (Å²) in [6, 6.07) is 7.88. The van der Waals surface area contributed by atoms with Gasteiger partial charge in [0.1, 0.15) is 6.10 Å². The molecule has 0 fully saturated rings. The Hall–Kier alpha value is -1.42. The zero-order valence-electron chi connectivity index (χ0n) is 13.0. The van der Waals surface area contributed by atoms with Gasteiger partial charge in [-0.15, -0.1) is 0 Å². The van der Waals surface area contributed by atoms with E-state index in [1.807, 2.05) is 0 Å². The van der Waals surface area contributed by atoms with Crippen LogP contribution >= 0.6 is 0 Å². The van der Waals surface area contributed by atoms with E-state index in [-0.39, 0.29) is 6.61 Å². The van der Waals surface area contributed by atoms with Crippen molar-refractivity contribution < 1.29 is 56.3 Å². The molecule has 0 radical (unpaired) electrons. The van der Waals surface area contributed by atoms with Crippen molar-refractivity contribution >= 4 is 20.2 Å². The lowest BCUT2D eigenvalue weighted by atomic mass is 10.2. The van der Waals surface area contributed by atoms with Crippen molar-refractivity contribution in [3.63, 3.8) is 0 Å². The lowest BCUT2D eigenvalue weighted by Crippen LogP contribution is -2.37. The third-order valence-electron chi connectivity index (χ3n) is 2.65. The molecule has 15 heteroatoms. The SMILES string of the molecule is O=S(=O)(OC[C@@H](COCc1ccccc1)OS(=O)(=O)C(F)(F)F)C(F)(F)F. The van der Waals surface area contributed by atoms with Crippen molar-refractivity contribution in [2.45, 2.75) is 23.7 Å². The van der Waals surface area contributed by atoms with Gasteiger partial charge in [-0.2, -0.15) is 43.2 Å². The summed E-state index contributed by atoms with van der Waals surface area (Å²) in [7, 11) is -12.4. The number of hydrogen-bond donors (Lipinski definition) is 0. The average Bonchev–Trinajstić information content (AvgIpc) is 2.51. The fraction of sp³-hybridized carbons (Fsp3) is 0.500. The first kappa shape index (κ1) is 23.6. The van der Waals surface area contributed by atoms with Crippen molar-refractivity contribution in [3.8, 4) is 0 Å². The highest BCUT2D eigenvalue weighted by atomic mass is 32.2. The highest BCUT2D eigenvalue weighted by Crippen LogP contribution is 2.27. The van der Waals surface area contributed by atoms with E-state index in [0.717, 1.165) is 0 Å². The fourth-order valence-electron chi connectivity index (χ4n) is 1.45. The molecule has 0 aliphatic carbocycles.